The lowest BCUT2D eigenvalue weighted by atomic mass is 10.0. The monoisotopic (exact) mass is 348 g/mol. The molecule has 0 amide bonds. The predicted octanol–water partition coefficient (Wildman–Crippen LogP) is 3.59. The number of ether oxygens (including phenoxy) is 1. The first kappa shape index (κ1) is 16.0. The Morgan fingerprint density at radius 2 is 1.95 bits per heavy atom. The quantitative estimate of drug-likeness (QED) is 0.866. The Bertz CT molecular complexity index is 589. The molecule has 4 heteroatoms. The van der Waals surface area contributed by atoms with Gasteiger partial charge in [0, 0.05) is 23.6 Å². The molecule has 0 fully saturated rings. The Morgan fingerprint density at radius 3 is 2.62 bits per heavy atom. The van der Waals surface area contributed by atoms with E-state index in [9.17, 15) is 0 Å². The maximum atomic E-state index is 5.99. The largest absolute Gasteiger partial charge is 0.497 e. The van der Waals surface area contributed by atoms with Crippen LogP contribution in [-0.2, 0) is 6.54 Å². The van der Waals surface area contributed by atoms with Crippen molar-refractivity contribution in [1.82, 2.24) is 4.90 Å². The SMILES string of the molecule is COc1cccc(C(CN)N(C)Cc2cccc(Br)c2)c1. The summed E-state index contributed by atoms with van der Waals surface area (Å²) >= 11 is 3.51. The molecule has 0 bridgehead atoms. The summed E-state index contributed by atoms with van der Waals surface area (Å²) in [4.78, 5) is 2.26. The van der Waals surface area contributed by atoms with Gasteiger partial charge in [-0.15, -0.1) is 0 Å². The Hall–Kier alpha value is -1.36. The maximum Gasteiger partial charge on any atom is 0.119 e. The van der Waals surface area contributed by atoms with Crippen molar-refractivity contribution in [2.75, 3.05) is 20.7 Å². The van der Waals surface area contributed by atoms with Crippen LogP contribution in [0.15, 0.2) is 53.0 Å². The topological polar surface area (TPSA) is 38.5 Å². The van der Waals surface area contributed by atoms with Crippen LogP contribution in [0.4, 0.5) is 0 Å². The van der Waals surface area contributed by atoms with Gasteiger partial charge in [0.15, 0.2) is 0 Å². The summed E-state index contributed by atoms with van der Waals surface area (Å²) in [5.41, 5.74) is 8.42. The van der Waals surface area contributed by atoms with Crippen LogP contribution >= 0.6 is 15.9 Å². The molecule has 3 nitrogen and oxygen atoms in total. The van der Waals surface area contributed by atoms with E-state index in [1.54, 1.807) is 7.11 Å². The molecule has 0 radical (unpaired) electrons. The van der Waals surface area contributed by atoms with Crippen LogP contribution < -0.4 is 10.5 Å². The van der Waals surface area contributed by atoms with Crippen LogP contribution in [0.3, 0.4) is 0 Å². The van der Waals surface area contributed by atoms with Crippen molar-refractivity contribution in [3.63, 3.8) is 0 Å². The number of nitrogens with two attached hydrogens (primary N) is 1. The van der Waals surface area contributed by atoms with E-state index in [2.05, 4.69) is 58.2 Å². The van der Waals surface area contributed by atoms with Crippen molar-refractivity contribution >= 4 is 15.9 Å². The number of likely N-dealkylation sites (N-methyl/N-ethyl adjacent to an activating group) is 1. The molecule has 1 atom stereocenters. The van der Waals surface area contributed by atoms with E-state index in [-0.39, 0.29) is 6.04 Å². The molecule has 0 saturated heterocycles. The summed E-state index contributed by atoms with van der Waals surface area (Å²) in [7, 11) is 3.78. The van der Waals surface area contributed by atoms with Gasteiger partial charge in [-0.05, 0) is 42.4 Å². The highest BCUT2D eigenvalue weighted by atomic mass is 79.9. The van der Waals surface area contributed by atoms with Crippen LogP contribution in [0, 0.1) is 0 Å². The minimum Gasteiger partial charge on any atom is -0.497 e. The van der Waals surface area contributed by atoms with Crippen LogP contribution in [-0.4, -0.2) is 25.6 Å². The number of nitrogens with zero attached hydrogens (tertiary/aromatic N) is 1. The molecule has 0 aromatic heterocycles. The van der Waals surface area contributed by atoms with Crippen molar-refractivity contribution in [2.24, 2.45) is 5.73 Å². The van der Waals surface area contributed by atoms with Crippen LogP contribution in [0.5, 0.6) is 5.75 Å². The first-order valence-corrected chi connectivity index (χ1v) is 7.72. The molecule has 2 rings (SSSR count). The first-order valence-electron chi connectivity index (χ1n) is 6.92. The van der Waals surface area contributed by atoms with E-state index in [0.29, 0.717) is 6.54 Å². The summed E-state index contributed by atoms with van der Waals surface area (Å²) in [6, 6.07) is 16.6. The lowest BCUT2D eigenvalue weighted by Crippen LogP contribution is -2.30. The van der Waals surface area contributed by atoms with Crippen LogP contribution in [0.25, 0.3) is 0 Å². The van der Waals surface area contributed by atoms with Gasteiger partial charge in [-0.3, -0.25) is 4.90 Å². The molecule has 2 aromatic carbocycles. The third-order valence-electron chi connectivity index (χ3n) is 3.55. The summed E-state index contributed by atoms with van der Waals surface area (Å²) in [6.45, 7) is 1.41. The molecular weight excluding hydrogens is 328 g/mol. The lowest BCUT2D eigenvalue weighted by Gasteiger charge is -2.27. The van der Waals surface area contributed by atoms with Gasteiger partial charge in [0.25, 0.3) is 0 Å². The fourth-order valence-electron chi connectivity index (χ4n) is 2.45. The third kappa shape index (κ3) is 4.30. The molecule has 0 aliphatic rings. The van der Waals surface area contributed by atoms with Gasteiger partial charge in [-0.1, -0.05) is 40.2 Å². The van der Waals surface area contributed by atoms with Crippen molar-refractivity contribution < 1.29 is 4.74 Å². The van der Waals surface area contributed by atoms with Gasteiger partial charge in [-0.25, -0.2) is 0 Å². The second kappa shape index (κ2) is 7.59. The lowest BCUT2D eigenvalue weighted by molar-refractivity contribution is 0.241. The zero-order valence-corrected chi connectivity index (χ0v) is 14.0. The highest BCUT2D eigenvalue weighted by Gasteiger charge is 2.16. The van der Waals surface area contributed by atoms with Gasteiger partial charge in [-0.2, -0.15) is 0 Å². The zero-order valence-electron chi connectivity index (χ0n) is 12.4. The highest BCUT2D eigenvalue weighted by molar-refractivity contribution is 9.10. The molecule has 0 saturated carbocycles. The van der Waals surface area contributed by atoms with E-state index < -0.39 is 0 Å². The van der Waals surface area contributed by atoms with Gasteiger partial charge in [0.1, 0.15) is 5.75 Å². The molecule has 2 aromatic rings. The standard InChI is InChI=1S/C17H21BrN2O/c1-20(12-13-5-3-7-15(18)9-13)17(11-19)14-6-4-8-16(10-14)21-2/h3-10,17H,11-12,19H2,1-2H3. The predicted molar refractivity (Wildman–Crippen MR) is 90.4 cm³/mol. The molecule has 1 unspecified atom stereocenters. The fourth-order valence-corrected chi connectivity index (χ4v) is 2.90. The fraction of sp³-hybridized carbons (Fsp3) is 0.294. The smallest absolute Gasteiger partial charge is 0.119 e. The second-order valence-electron chi connectivity index (χ2n) is 5.07. The van der Waals surface area contributed by atoms with E-state index in [1.165, 1.54) is 11.1 Å². The Balaban J connectivity index is 2.16. The van der Waals surface area contributed by atoms with E-state index in [1.807, 2.05) is 18.2 Å². The molecule has 0 aliphatic carbocycles. The summed E-state index contributed by atoms with van der Waals surface area (Å²) in [5.74, 6) is 0.863. The molecule has 0 heterocycles. The van der Waals surface area contributed by atoms with E-state index in [4.69, 9.17) is 10.5 Å². The van der Waals surface area contributed by atoms with Gasteiger partial charge >= 0.3 is 0 Å². The molecule has 2 N–H and O–H groups in total. The van der Waals surface area contributed by atoms with Crippen molar-refractivity contribution in [2.45, 2.75) is 12.6 Å². The van der Waals surface area contributed by atoms with Crippen molar-refractivity contribution in [3.8, 4) is 5.75 Å². The number of hydrogen-bond acceptors (Lipinski definition) is 3. The number of halogens is 1. The van der Waals surface area contributed by atoms with Gasteiger partial charge in [0.05, 0.1) is 7.11 Å². The van der Waals surface area contributed by atoms with Crippen LogP contribution in [0.1, 0.15) is 17.2 Å². The zero-order chi connectivity index (χ0) is 15.2. The number of rotatable bonds is 6. The van der Waals surface area contributed by atoms with Gasteiger partial charge in [0.2, 0.25) is 0 Å². The van der Waals surface area contributed by atoms with Crippen molar-refractivity contribution in [1.29, 1.82) is 0 Å². The first-order chi connectivity index (χ1) is 10.1. The summed E-state index contributed by atoms with van der Waals surface area (Å²) < 4.78 is 6.39. The number of benzene rings is 2. The highest BCUT2D eigenvalue weighted by Crippen LogP contribution is 2.24. The third-order valence-corrected chi connectivity index (χ3v) is 4.05. The average molecular weight is 349 g/mol. The van der Waals surface area contributed by atoms with E-state index in [0.717, 1.165) is 16.8 Å². The molecular formula is C17H21BrN2O. The number of hydrogen-bond donors (Lipinski definition) is 1. The summed E-state index contributed by atoms with van der Waals surface area (Å²) in [5, 5.41) is 0. The van der Waals surface area contributed by atoms with Crippen LogP contribution in [0.2, 0.25) is 0 Å². The van der Waals surface area contributed by atoms with Crippen molar-refractivity contribution in [3.05, 3.63) is 64.1 Å². The maximum absolute atomic E-state index is 5.99. The summed E-state index contributed by atoms with van der Waals surface area (Å²) in [6.07, 6.45) is 0. The Kier molecular flexibility index (Phi) is 5.79. The molecule has 21 heavy (non-hydrogen) atoms. The average Bonchev–Trinajstić information content (AvgIpc) is 2.48. The molecule has 112 valence electrons. The molecule has 0 spiro atoms. The normalized spacial score (nSPS) is 12.4. The number of methoxy groups -OCH3 is 1. The van der Waals surface area contributed by atoms with Gasteiger partial charge < -0.3 is 10.5 Å². The second-order valence-corrected chi connectivity index (χ2v) is 5.99. The Morgan fingerprint density at radius 1 is 1.19 bits per heavy atom. The minimum absolute atomic E-state index is 0.166. The minimum atomic E-state index is 0.166. The molecule has 0 aliphatic heterocycles. The Labute approximate surface area is 134 Å². The van der Waals surface area contributed by atoms with E-state index >= 15 is 0 Å².